The fourth-order valence-corrected chi connectivity index (χ4v) is 3.81. The molecule has 0 radical (unpaired) electrons. The number of phenols is 1. The van der Waals surface area contributed by atoms with E-state index in [-0.39, 0.29) is 29.1 Å². The second kappa shape index (κ2) is 10.1. The van der Waals surface area contributed by atoms with Crippen LogP contribution in [0.15, 0.2) is 54.6 Å². The minimum atomic E-state index is -0.665. The first-order valence-electron chi connectivity index (χ1n) is 11.6. The molecule has 2 aromatic carbocycles. The Balaban J connectivity index is 2.33. The third kappa shape index (κ3) is 6.35. The Hall–Kier alpha value is -2.33. The van der Waals surface area contributed by atoms with Gasteiger partial charge in [-0.2, -0.15) is 0 Å². The van der Waals surface area contributed by atoms with Crippen LogP contribution < -0.4 is 5.32 Å². The summed E-state index contributed by atoms with van der Waals surface area (Å²) >= 11 is 0. The van der Waals surface area contributed by atoms with Crippen molar-refractivity contribution in [3.8, 4) is 5.75 Å². The van der Waals surface area contributed by atoms with Crippen LogP contribution in [0.4, 0.5) is 0 Å². The van der Waals surface area contributed by atoms with Crippen LogP contribution in [0.25, 0.3) is 0 Å². The molecule has 2 aromatic rings. The summed E-state index contributed by atoms with van der Waals surface area (Å²) in [6.07, 6.45) is 0.837. The number of benzene rings is 2. The molecule has 2 N–H and O–H groups in total. The maximum Gasteiger partial charge on any atom is 0.313 e. The van der Waals surface area contributed by atoms with E-state index in [1.807, 2.05) is 45.9 Å². The number of hydrogen-bond acceptors (Lipinski definition) is 4. The lowest BCUT2D eigenvalue weighted by atomic mass is 9.74. The van der Waals surface area contributed by atoms with Gasteiger partial charge >= 0.3 is 5.97 Å². The first kappa shape index (κ1) is 25.9. The SMILES string of the molecule is CC(C)C(C)(CNC(C)(c1ccccc1)C(C)Cc1ccc(O)cc1)C(=O)OC(C)(C)C. The number of rotatable bonds is 9. The van der Waals surface area contributed by atoms with Crippen molar-refractivity contribution in [1.29, 1.82) is 0 Å². The monoisotopic (exact) mass is 439 g/mol. The molecule has 4 nitrogen and oxygen atoms in total. The average molecular weight is 440 g/mol. The van der Waals surface area contributed by atoms with Crippen LogP contribution in [0, 0.1) is 17.3 Å². The summed E-state index contributed by atoms with van der Waals surface area (Å²) in [7, 11) is 0. The Morgan fingerprint density at radius 3 is 2.00 bits per heavy atom. The van der Waals surface area contributed by atoms with Gasteiger partial charge in [0.1, 0.15) is 11.4 Å². The van der Waals surface area contributed by atoms with Crippen LogP contribution in [-0.4, -0.2) is 23.2 Å². The minimum Gasteiger partial charge on any atom is -0.508 e. The van der Waals surface area contributed by atoms with Gasteiger partial charge in [-0.15, -0.1) is 0 Å². The van der Waals surface area contributed by atoms with Crippen molar-refractivity contribution in [1.82, 2.24) is 5.32 Å². The summed E-state index contributed by atoms with van der Waals surface area (Å²) in [6.45, 7) is 16.8. The van der Waals surface area contributed by atoms with Crippen LogP contribution in [0.2, 0.25) is 0 Å². The summed E-state index contributed by atoms with van der Waals surface area (Å²) in [5.74, 6) is 0.436. The number of aromatic hydroxyl groups is 1. The molecule has 3 unspecified atom stereocenters. The molecule has 0 spiro atoms. The van der Waals surface area contributed by atoms with Gasteiger partial charge in [0.05, 0.1) is 5.41 Å². The quantitative estimate of drug-likeness (QED) is 0.465. The lowest BCUT2D eigenvalue weighted by Crippen LogP contribution is -2.53. The predicted molar refractivity (Wildman–Crippen MR) is 132 cm³/mol. The molecule has 2 rings (SSSR count). The van der Waals surface area contributed by atoms with Crippen LogP contribution >= 0.6 is 0 Å². The predicted octanol–water partition coefficient (Wildman–Crippen LogP) is 6.08. The third-order valence-electron chi connectivity index (χ3n) is 6.80. The Morgan fingerprint density at radius 2 is 1.50 bits per heavy atom. The van der Waals surface area contributed by atoms with Gasteiger partial charge in [-0.3, -0.25) is 4.79 Å². The van der Waals surface area contributed by atoms with Crippen molar-refractivity contribution in [2.24, 2.45) is 17.3 Å². The fraction of sp³-hybridized carbons (Fsp3) is 0.536. The fourth-order valence-electron chi connectivity index (χ4n) is 3.81. The molecular weight excluding hydrogens is 398 g/mol. The van der Waals surface area contributed by atoms with Gasteiger partial charge in [-0.25, -0.2) is 0 Å². The summed E-state index contributed by atoms with van der Waals surface area (Å²) in [5.41, 5.74) is 0.792. The largest absolute Gasteiger partial charge is 0.508 e. The van der Waals surface area contributed by atoms with Crippen molar-refractivity contribution >= 4 is 5.97 Å². The summed E-state index contributed by atoms with van der Waals surface area (Å²) < 4.78 is 5.80. The minimum absolute atomic E-state index is 0.109. The van der Waals surface area contributed by atoms with Crippen molar-refractivity contribution in [3.05, 3.63) is 65.7 Å². The highest BCUT2D eigenvalue weighted by molar-refractivity contribution is 5.77. The smallest absolute Gasteiger partial charge is 0.313 e. The van der Waals surface area contributed by atoms with E-state index in [9.17, 15) is 9.90 Å². The molecule has 32 heavy (non-hydrogen) atoms. The Labute approximate surface area is 194 Å². The van der Waals surface area contributed by atoms with Crippen LogP contribution in [0.1, 0.15) is 66.5 Å². The van der Waals surface area contributed by atoms with E-state index in [4.69, 9.17) is 4.74 Å². The third-order valence-corrected chi connectivity index (χ3v) is 6.80. The second-order valence-corrected chi connectivity index (χ2v) is 10.8. The molecule has 0 fully saturated rings. The summed E-state index contributed by atoms with van der Waals surface area (Å²) in [4.78, 5) is 13.2. The van der Waals surface area contributed by atoms with Crippen molar-refractivity contribution in [2.45, 2.75) is 73.0 Å². The van der Waals surface area contributed by atoms with Gasteiger partial charge < -0.3 is 15.2 Å². The first-order chi connectivity index (χ1) is 14.8. The molecule has 0 aliphatic heterocycles. The Kier molecular flexibility index (Phi) is 8.17. The number of esters is 1. The lowest BCUT2D eigenvalue weighted by molar-refractivity contribution is -0.169. The highest BCUT2D eigenvalue weighted by atomic mass is 16.6. The normalized spacial score (nSPS) is 16.8. The van der Waals surface area contributed by atoms with E-state index < -0.39 is 11.0 Å². The van der Waals surface area contributed by atoms with E-state index in [2.05, 4.69) is 57.3 Å². The average Bonchev–Trinajstić information content (AvgIpc) is 2.72. The van der Waals surface area contributed by atoms with Gasteiger partial charge in [-0.1, -0.05) is 63.2 Å². The molecule has 0 saturated heterocycles. The topological polar surface area (TPSA) is 58.6 Å². The molecule has 0 aliphatic rings. The molecule has 3 atom stereocenters. The van der Waals surface area contributed by atoms with E-state index in [0.29, 0.717) is 6.54 Å². The lowest BCUT2D eigenvalue weighted by Gasteiger charge is -2.42. The number of phenolic OH excluding ortho intramolecular Hbond substituents is 1. The Bertz CT molecular complexity index is 870. The van der Waals surface area contributed by atoms with Crippen LogP contribution in [0.3, 0.4) is 0 Å². The highest BCUT2D eigenvalue weighted by Crippen LogP contribution is 2.36. The van der Waals surface area contributed by atoms with Gasteiger partial charge in [-0.05, 0) is 76.1 Å². The maximum absolute atomic E-state index is 13.2. The number of carbonyl (C=O) groups excluding carboxylic acids is 1. The highest BCUT2D eigenvalue weighted by Gasteiger charge is 2.43. The van der Waals surface area contributed by atoms with Crippen molar-refractivity contribution < 1.29 is 14.6 Å². The number of nitrogens with one attached hydrogen (secondary N) is 1. The molecule has 0 heterocycles. The van der Waals surface area contributed by atoms with E-state index in [1.165, 1.54) is 5.56 Å². The van der Waals surface area contributed by atoms with E-state index in [0.717, 1.165) is 12.0 Å². The molecule has 0 saturated carbocycles. The molecule has 0 amide bonds. The molecule has 0 aromatic heterocycles. The zero-order valence-electron chi connectivity index (χ0n) is 21.0. The van der Waals surface area contributed by atoms with E-state index in [1.54, 1.807) is 12.1 Å². The molecule has 0 bridgehead atoms. The van der Waals surface area contributed by atoms with Gasteiger partial charge in [0, 0.05) is 12.1 Å². The van der Waals surface area contributed by atoms with Crippen LogP contribution in [0.5, 0.6) is 5.75 Å². The van der Waals surface area contributed by atoms with E-state index >= 15 is 0 Å². The zero-order valence-corrected chi connectivity index (χ0v) is 21.0. The summed E-state index contributed by atoms with van der Waals surface area (Å²) in [6, 6.07) is 17.8. The van der Waals surface area contributed by atoms with Gasteiger partial charge in [0.25, 0.3) is 0 Å². The molecule has 0 aliphatic carbocycles. The Morgan fingerprint density at radius 1 is 0.938 bits per heavy atom. The van der Waals surface area contributed by atoms with Gasteiger partial charge in [0.15, 0.2) is 0 Å². The standard InChI is InChI=1S/C28H41NO3/c1-20(2)27(7,25(31)32-26(4,5)6)19-29-28(8,23-12-10-9-11-13-23)21(3)18-22-14-16-24(30)17-15-22/h9-17,20-21,29-30H,18-19H2,1-8H3. The molecular formula is C28H41NO3. The summed E-state index contributed by atoms with van der Waals surface area (Å²) in [5, 5.41) is 13.4. The van der Waals surface area contributed by atoms with Crippen molar-refractivity contribution in [2.75, 3.05) is 6.54 Å². The molecule has 4 heteroatoms. The first-order valence-corrected chi connectivity index (χ1v) is 11.6. The number of ether oxygens (including phenoxy) is 1. The maximum atomic E-state index is 13.2. The second-order valence-electron chi connectivity index (χ2n) is 10.8. The van der Waals surface area contributed by atoms with Gasteiger partial charge in [0.2, 0.25) is 0 Å². The number of hydrogen-bond donors (Lipinski definition) is 2. The zero-order chi connectivity index (χ0) is 24.2. The van der Waals surface area contributed by atoms with Crippen molar-refractivity contribution in [3.63, 3.8) is 0 Å². The number of carbonyl (C=O) groups is 1. The molecule has 176 valence electrons. The van der Waals surface area contributed by atoms with Crippen LogP contribution in [-0.2, 0) is 21.5 Å².